The van der Waals surface area contributed by atoms with Crippen molar-refractivity contribution in [2.75, 3.05) is 0 Å². The van der Waals surface area contributed by atoms with Gasteiger partial charge in [0.2, 0.25) is 5.88 Å². The molecular formula is C21H13ClFN3O2. The SMILES string of the molecule is O=c1c2ccccc2c(C=Nc2cccc(Cl)c2F)c(O)n1-c1ccccn1. The first kappa shape index (κ1) is 17.9. The molecule has 2 aromatic heterocycles. The van der Waals surface area contributed by atoms with Crippen molar-refractivity contribution in [2.45, 2.75) is 0 Å². The van der Waals surface area contributed by atoms with E-state index >= 15 is 0 Å². The number of aromatic hydroxyl groups is 1. The molecule has 5 nitrogen and oxygen atoms in total. The fraction of sp³-hybridized carbons (Fsp3) is 0. The minimum Gasteiger partial charge on any atom is -0.494 e. The average Bonchev–Trinajstić information content (AvgIpc) is 2.72. The highest BCUT2D eigenvalue weighted by Crippen LogP contribution is 2.28. The molecule has 1 N–H and O–H groups in total. The standard InChI is InChI=1S/C21H13ClFN3O2/c22-16-8-5-9-17(19(16)23)25-12-15-13-6-1-2-7-14(13)20(27)26(21(15)28)18-10-3-4-11-24-18/h1-12,28H. The number of hydrogen-bond donors (Lipinski definition) is 1. The third-order valence-electron chi connectivity index (χ3n) is 4.25. The normalized spacial score (nSPS) is 11.4. The van der Waals surface area contributed by atoms with E-state index in [1.165, 1.54) is 24.5 Å². The molecule has 0 radical (unpaired) electrons. The molecule has 0 aliphatic carbocycles. The quantitative estimate of drug-likeness (QED) is 0.516. The highest BCUT2D eigenvalue weighted by Gasteiger charge is 2.17. The van der Waals surface area contributed by atoms with Gasteiger partial charge in [-0.15, -0.1) is 0 Å². The van der Waals surface area contributed by atoms with Crippen LogP contribution in [0.3, 0.4) is 0 Å². The first-order chi connectivity index (χ1) is 13.6. The summed E-state index contributed by atoms with van der Waals surface area (Å²) in [6, 6.07) is 16.3. The Morgan fingerprint density at radius 1 is 1.04 bits per heavy atom. The van der Waals surface area contributed by atoms with Gasteiger partial charge in [-0.25, -0.2) is 13.9 Å². The maximum atomic E-state index is 14.2. The molecule has 0 saturated carbocycles. The van der Waals surface area contributed by atoms with Crippen molar-refractivity contribution in [1.29, 1.82) is 0 Å². The Bertz CT molecular complexity index is 1270. The van der Waals surface area contributed by atoms with Crippen LogP contribution < -0.4 is 5.56 Å². The minimum atomic E-state index is -0.665. The van der Waals surface area contributed by atoms with Crippen LogP contribution in [0.4, 0.5) is 10.1 Å². The summed E-state index contributed by atoms with van der Waals surface area (Å²) < 4.78 is 15.2. The molecule has 0 fully saturated rings. The van der Waals surface area contributed by atoms with E-state index in [0.29, 0.717) is 10.8 Å². The van der Waals surface area contributed by atoms with Crippen molar-refractivity contribution >= 4 is 34.3 Å². The molecule has 0 unspecified atom stereocenters. The van der Waals surface area contributed by atoms with Gasteiger partial charge in [0.1, 0.15) is 11.5 Å². The van der Waals surface area contributed by atoms with Crippen molar-refractivity contribution in [3.05, 3.63) is 93.6 Å². The maximum Gasteiger partial charge on any atom is 0.267 e. The Labute approximate surface area is 164 Å². The lowest BCUT2D eigenvalue weighted by Crippen LogP contribution is -2.20. The Morgan fingerprint density at radius 2 is 1.79 bits per heavy atom. The first-order valence-electron chi connectivity index (χ1n) is 8.34. The van der Waals surface area contributed by atoms with Crippen LogP contribution in [0.15, 0.2) is 76.6 Å². The second-order valence-electron chi connectivity index (χ2n) is 5.94. The zero-order valence-electron chi connectivity index (χ0n) is 14.4. The largest absolute Gasteiger partial charge is 0.494 e. The molecule has 0 bridgehead atoms. The second-order valence-corrected chi connectivity index (χ2v) is 6.35. The predicted octanol–water partition coefficient (Wildman–Crippen LogP) is 4.63. The lowest BCUT2D eigenvalue weighted by atomic mass is 10.1. The molecule has 4 rings (SSSR count). The van der Waals surface area contributed by atoms with Crippen LogP contribution in [0.2, 0.25) is 5.02 Å². The van der Waals surface area contributed by atoms with Crippen molar-refractivity contribution in [3.63, 3.8) is 0 Å². The summed E-state index contributed by atoms with van der Waals surface area (Å²) in [6.07, 6.45) is 2.83. The van der Waals surface area contributed by atoms with Crippen LogP contribution in [-0.4, -0.2) is 20.9 Å². The van der Waals surface area contributed by atoms with E-state index in [0.717, 1.165) is 4.57 Å². The smallest absolute Gasteiger partial charge is 0.267 e. The van der Waals surface area contributed by atoms with E-state index in [4.69, 9.17) is 11.6 Å². The third-order valence-corrected chi connectivity index (χ3v) is 4.54. The summed E-state index contributed by atoms with van der Waals surface area (Å²) >= 11 is 5.80. The number of nitrogens with zero attached hydrogens (tertiary/aromatic N) is 3. The first-order valence-corrected chi connectivity index (χ1v) is 8.72. The van der Waals surface area contributed by atoms with Gasteiger partial charge in [0.25, 0.3) is 5.56 Å². The molecule has 0 atom stereocenters. The van der Waals surface area contributed by atoms with Gasteiger partial charge in [0.15, 0.2) is 5.82 Å². The van der Waals surface area contributed by atoms with Gasteiger partial charge in [0.05, 0.1) is 10.6 Å². The van der Waals surface area contributed by atoms with E-state index in [2.05, 4.69) is 9.98 Å². The van der Waals surface area contributed by atoms with Crippen molar-refractivity contribution in [1.82, 2.24) is 9.55 Å². The lowest BCUT2D eigenvalue weighted by molar-refractivity contribution is 0.435. The molecule has 2 heterocycles. The Balaban J connectivity index is 1.99. The molecule has 28 heavy (non-hydrogen) atoms. The van der Waals surface area contributed by atoms with Crippen LogP contribution in [0.1, 0.15) is 5.56 Å². The van der Waals surface area contributed by atoms with Gasteiger partial charge in [-0.1, -0.05) is 41.9 Å². The molecule has 0 aliphatic heterocycles. The Kier molecular flexibility index (Phi) is 4.63. The molecule has 0 amide bonds. The van der Waals surface area contributed by atoms with Gasteiger partial charge in [-0.2, -0.15) is 0 Å². The molecule has 0 aliphatic rings. The number of aromatic nitrogens is 2. The topological polar surface area (TPSA) is 67.5 Å². The maximum absolute atomic E-state index is 14.2. The van der Waals surface area contributed by atoms with Crippen LogP contribution in [0.25, 0.3) is 16.6 Å². The van der Waals surface area contributed by atoms with Crippen LogP contribution in [-0.2, 0) is 0 Å². The monoisotopic (exact) mass is 393 g/mol. The summed E-state index contributed by atoms with van der Waals surface area (Å²) in [6.45, 7) is 0. The Hall–Kier alpha value is -3.51. The van der Waals surface area contributed by atoms with E-state index in [9.17, 15) is 14.3 Å². The van der Waals surface area contributed by atoms with Gasteiger partial charge in [-0.05, 0) is 30.3 Å². The number of rotatable bonds is 3. The fourth-order valence-electron chi connectivity index (χ4n) is 2.91. The summed E-state index contributed by atoms with van der Waals surface area (Å²) in [5.74, 6) is -0.741. The van der Waals surface area contributed by atoms with E-state index in [1.807, 2.05) is 0 Å². The summed E-state index contributed by atoms with van der Waals surface area (Å²) in [5, 5.41) is 11.6. The van der Waals surface area contributed by atoms with Crippen molar-refractivity contribution in [3.8, 4) is 11.7 Å². The van der Waals surface area contributed by atoms with Crippen molar-refractivity contribution < 1.29 is 9.50 Å². The van der Waals surface area contributed by atoms with E-state index in [1.54, 1.807) is 48.5 Å². The summed E-state index contributed by atoms with van der Waals surface area (Å²) in [7, 11) is 0. The summed E-state index contributed by atoms with van der Waals surface area (Å²) in [4.78, 5) is 21.2. The van der Waals surface area contributed by atoms with Gasteiger partial charge in [-0.3, -0.25) is 9.79 Å². The van der Waals surface area contributed by atoms with Crippen LogP contribution >= 0.6 is 11.6 Å². The second kappa shape index (κ2) is 7.25. The summed E-state index contributed by atoms with van der Waals surface area (Å²) in [5.41, 5.74) is -0.135. The number of hydrogen-bond acceptors (Lipinski definition) is 4. The zero-order chi connectivity index (χ0) is 19.7. The molecule has 0 spiro atoms. The number of aliphatic imine (C=N–C) groups is 1. The van der Waals surface area contributed by atoms with Crippen LogP contribution in [0, 0.1) is 5.82 Å². The fourth-order valence-corrected chi connectivity index (χ4v) is 3.08. The van der Waals surface area contributed by atoms with Crippen LogP contribution in [0.5, 0.6) is 5.88 Å². The van der Waals surface area contributed by atoms with E-state index < -0.39 is 11.4 Å². The number of pyridine rings is 2. The molecule has 0 saturated heterocycles. The third kappa shape index (κ3) is 3.04. The van der Waals surface area contributed by atoms with Crippen molar-refractivity contribution in [2.24, 2.45) is 4.99 Å². The molecule has 2 aromatic carbocycles. The highest BCUT2D eigenvalue weighted by molar-refractivity contribution is 6.31. The van der Waals surface area contributed by atoms with E-state index in [-0.39, 0.29) is 28.0 Å². The lowest BCUT2D eigenvalue weighted by Gasteiger charge is -2.12. The van der Waals surface area contributed by atoms with Gasteiger partial charge in [0, 0.05) is 23.2 Å². The van der Waals surface area contributed by atoms with Gasteiger partial charge >= 0.3 is 0 Å². The molecule has 7 heteroatoms. The van der Waals surface area contributed by atoms with Gasteiger partial charge < -0.3 is 5.11 Å². The highest BCUT2D eigenvalue weighted by atomic mass is 35.5. The Morgan fingerprint density at radius 3 is 2.54 bits per heavy atom. The predicted molar refractivity (Wildman–Crippen MR) is 108 cm³/mol. The molecule has 138 valence electrons. The number of benzene rings is 2. The molecule has 4 aromatic rings. The average molecular weight is 394 g/mol. The zero-order valence-corrected chi connectivity index (χ0v) is 15.1. The number of fused-ring (bicyclic) bond motifs is 1. The minimum absolute atomic E-state index is 0.0200. The molecular weight excluding hydrogens is 381 g/mol. The number of halogens is 2.